The van der Waals surface area contributed by atoms with Crippen molar-refractivity contribution in [1.29, 1.82) is 0 Å². The number of benzene rings is 1. The second-order valence-corrected chi connectivity index (χ2v) is 5.81. The van der Waals surface area contributed by atoms with Crippen molar-refractivity contribution >= 4 is 17.6 Å². The number of amides is 3. The maximum absolute atomic E-state index is 12.7. The van der Waals surface area contributed by atoms with Crippen molar-refractivity contribution in [3.8, 4) is 5.75 Å². The third kappa shape index (κ3) is 5.68. The van der Waals surface area contributed by atoms with Crippen LogP contribution >= 0.6 is 0 Å². The summed E-state index contributed by atoms with van der Waals surface area (Å²) < 4.78 is 29.9. The van der Waals surface area contributed by atoms with Crippen LogP contribution in [-0.4, -0.2) is 42.1 Å². The molecular weight excluding hydrogens is 320 g/mol. The van der Waals surface area contributed by atoms with Gasteiger partial charge in [0.1, 0.15) is 5.75 Å². The Morgan fingerprint density at radius 1 is 1.21 bits per heavy atom. The summed E-state index contributed by atoms with van der Waals surface area (Å²) in [5, 5.41) is 5.48. The lowest BCUT2D eigenvalue weighted by atomic mass is 10.1. The Morgan fingerprint density at radius 2 is 1.79 bits per heavy atom. The number of likely N-dealkylation sites (tertiary alicyclic amines) is 1. The number of nitrogens with zero attached hydrogens (tertiary/aromatic N) is 1. The minimum atomic E-state index is -3.25. The molecule has 0 aliphatic carbocycles. The van der Waals surface area contributed by atoms with Crippen molar-refractivity contribution in [3.63, 3.8) is 0 Å². The van der Waals surface area contributed by atoms with Gasteiger partial charge in [-0.05, 0) is 37.1 Å². The van der Waals surface area contributed by atoms with E-state index in [9.17, 15) is 18.4 Å². The fraction of sp³-hybridized carbons (Fsp3) is 0.500. The molecule has 1 heterocycles. The van der Waals surface area contributed by atoms with Gasteiger partial charge in [0.25, 0.3) is 0 Å². The standard InChI is InChI=1S/C16H21F2N3O3/c1-11(22)21-9-7-13(8-10-21)20-15(23)19-12-3-5-14(6-4-12)24-16(2,17)18/h3-6,13H,7-10H2,1-2H3,(H2,19,20,23). The Bertz CT molecular complexity index is 579. The summed E-state index contributed by atoms with van der Waals surface area (Å²) in [6.45, 7) is 3.43. The summed E-state index contributed by atoms with van der Waals surface area (Å²) in [4.78, 5) is 25.0. The van der Waals surface area contributed by atoms with Gasteiger partial charge in [0.15, 0.2) is 0 Å². The Labute approximate surface area is 139 Å². The predicted octanol–water partition coefficient (Wildman–Crippen LogP) is 2.81. The first kappa shape index (κ1) is 18.0. The Morgan fingerprint density at radius 3 is 2.29 bits per heavy atom. The number of alkyl halides is 2. The third-order valence-electron chi connectivity index (χ3n) is 3.68. The number of nitrogens with one attached hydrogen (secondary N) is 2. The van der Waals surface area contributed by atoms with Crippen LogP contribution < -0.4 is 15.4 Å². The second kappa shape index (κ2) is 7.46. The number of anilines is 1. The molecule has 1 fully saturated rings. The van der Waals surface area contributed by atoms with Gasteiger partial charge in [-0.25, -0.2) is 4.79 Å². The first-order valence-electron chi connectivity index (χ1n) is 7.73. The molecule has 0 saturated carbocycles. The van der Waals surface area contributed by atoms with Crippen LogP contribution in [0.5, 0.6) is 5.75 Å². The van der Waals surface area contributed by atoms with Gasteiger partial charge >= 0.3 is 12.1 Å². The molecule has 1 saturated heterocycles. The van der Waals surface area contributed by atoms with Crippen molar-refractivity contribution in [2.45, 2.75) is 38.8 Å². The van der Waals surface area contributed by atoms with Crippen molar-refractivity contribution in [2.75, 3.05) is 18.4 Å². The van der Waals surface area contributed by atoms with Crippen LogP contribution in [0, 0.1) is 0 Å². The summed E-state index contributed by atoms with van der Waals surface area (Å²) in [7, 11) is 0. The van der Waals surface area contributed by atoms with E-state index in [2.05, 4.69) is 15.4 Å². The van der Waals surface area contributed by atoms with Crippen LogP contribution in [0.3, 0.4) is 0 Å². The lowest BCUT2D eigenvalue weighted by Gasteiger charge is -2.31. The molecule has 0 spiro atoms. The molecular formula is C16H21F2N3O3. The normalized spacial score (nSPS) is 15.8. The molecule has 1 aliphatic heterocycles. The van der Waals surface area contributed by atoms with Gasteiger partial charge in [-0.15, -0.1) is 0 Å². The largest absolute Gasteiger partial charge is 0.433 e. The number of hydrogen-bond donors (Lipinski definition) is 2. The number of carbonyl (C=O) groups is 2. The van der Waals surface area contributed by atoms with Crippen LogP contribution in [0.1, 0.15) is 26.7 Å². The fourth-order valence-electron chi connectivity index (χ4n) is 2.50. The second-order valence-electron chi connectivity index (χ2n) is 5.81. The van der Waals surface area contributed by atoms with Crippen LogP contribution in [0.4, 0.5) is 19.3 Å². The van der Waals surface area contributed by atoms with E-state index in [0.29, 0.717) is 38.5 Å². The zero-order chi connectivity index (χ0) is 17.7. The molecule has 24 heavy (non-hydrogen) atoms. The van der Waals surface area contributed by atoms with Gasteiger partial charge in [-0.3, -0.25) is 4.79 Å². The molecule has 1 aliphatic rings. The van der Waals surface area contributed by atoms with Crippen LogP contribution in [0.2, 0.25) is 0 Å². The van der Waals surface area contributed by atoms with Gasteiger partial charge in [0.05, 0.1) is 0 Å². The van der Waals surface area contributed by atoms with E-state index in [0.717, 1.165) is 0 Å². The predicted molar refractivity (Wildman–Crippen MR) is 85.1 cm³/mol. The molecule has 0 aromatic heterocycles. The van der Waals surface area contributed by atoms with Crippen LogP contribution in [0.25, 0.3) is 0 Å². The summed E-state index contributed by atoms with van der Waals surface area (Å²) in [6, 6.07) is 5.32. The minimum Gasteiger partial charge on any atom is -0.433 e. The average Bonchev–Trinajstić information content (AvgIpc) is 2.48. The zero-order valence-electron chi connectivity index (χ0n) is 13.6. The molecule has 6 nitrogen and oxygen atoms in total. The van der Waals surface area contributed by atoms with Gasteiger partial charge in [-0.2, -0.15) is 8.78 Å². The minimum absolute atomic E-state index is 0.00184. The SMILES string of the molecule is CC(=O)N1CCC(NC(=O)Nc2ccc(OC(C)(F)F)cc2)CC1. The molecule has 3 amide bonds. The first-order chi connectivity index (χ1) is 11.2. The van der Waals surface area contributed by atoms with E-state index in [1.807, 2.05) is 0 Å². The molecule has 1 aromatic rings. The average molecular weight is 341 g/mol. The highest BCUT2D eigenvalue weighted by Gasteiger charge is 2.23. The molecule has 2 N–H and O–H groups in total. The smallest absolute Gasteiger partial charge is 0.394 e. The van der Waals surface area contributed by atoms with Crippen molar-refractivity contribution < 1.29 is 23.1 Å². The molecule has 1 aromatic carbocycles. The van der Waals surface area contributed by atoms with Crippen molar-refractivity contribution in [3.05, 3.63) is 24.3 Å². The molecule has 0 atom stereocenters. The van der Waals surface area contributed by atoms with Crippen molar-refractivity contribution in [1.82, 2.24) is 10.2 Å². The van der Waals surface area contributed by atoms with Crippen LogP contribution in [-0.2, 0) is 4.79 Å². The number of halogens is 2. The number of ether oxygens (including phenoxy) is 1. The Hall–Kier alpha value is -2.38. The molecule has 8 heteroatoms. The van der Waals surface area contributed by atoms with E-state index in [-0.39, 0.29) is 23.7 Å². The lowest BCUT2D eigenvalue weighted by molar-refractivity contribution is -0.158. The topological polar surface area (TPSA) is 70.7 Å². The zero-order valence-corrected chi connectivity index (χ0v) is 13.6. The highest BCUT2D eigenvalue weighted by atomic mass is 19.3. The lowest BCUT2D eigenvalue weighted by Crippen LogP contribution is -2.47. The van der Waals surface area contributed by atoms with E-state index < -0.39 is 6.11 Å². The Balaban J connectivity index is 1.79. The maximum atomic E-state index is 12.7. The summed E-state index contributed by atoms with van der Waals surface area (Å²) in [5.41, 5.74) is 0.473. The highest BCUT2D eigenvalue weighted by Crippen LogP contribution is 2.22. The monoisotopic (exact) mass is 341 g/mol. The fourth-order valence-corrected chi connectivity index (χ4v) is 2.50. The molecule has 132 valence electrons. The van der Waals surface area contributed by atoms with Gasteiger partial charge in [0.2, 0.25) is 5.91 Å². The molecule has 0 radical (unpaired) electrons. The number of carbonyl (C=O) groups excluding carboxylic acids is 2. The van der Waals surface area contributed by atoms with Crippen molar-refractivity contribution in [2.24, 2.45) is 0 Å². The number of piperidine rings is 1. The van der Waals surface area contributed by atoms with Crippen LogP contribution in [0.15, 0.2) is 24.3 Å². The van der Waals surface area contributed by atoms with E-state index in [1.54, 1.807) is 4.90 Å². The number of rotatable bonds is 4. The van der Waals surface area contributed by atoms with Gasteiger partial charge < -0.3 is 20.3 Å². The quantitative estimate of drug-likeness (QED) is 0.885. The van der Waals surface area contributed by atoms with Gasteiger partial charge in [0, 0.05) is 38.7 Å². The Kier molecular flexibility index (Phi) is 5.58. The highest BCUT2D eigenvalue weighted by molar-refractivity contribution is 5.89. The molecule has 0 unspecified atom stereocenters. The van der Waals surface area contributed by atoms with E-state index >= 15 is 0 Å². The number of urea groups is 1. The first-order valence-corrected chi connectivity index (χ1v) is 7.73. The summed E-state index contributed by atoms with van der Waals surface area (Å²) >= 11 is 0. The molecule has 2 rings (SSSR count). The summed E-state index contributed by atoms with van der Waals surface area (Å²) in [5.74, 6) is 0.0583. The molecule has 0 bridgehead atoms. The summed E-state index contributed by atoms with van der Waals surface area (Å²) in [6.07, 6.45) is -1.85. The van der Waals surface area contributed by atoms with E-state index in [1.165, 1.54) is 31.2 Å². The third-order valence-corrected chi connectivity index (χ3v) is 3.68. The van der Waals surface area contributed by atoms with Gasteiger partial charge in [-0.1, -0.05) is 0 Å². The maximum Gasteiger partial charge on any atom is 0.394 e. The number of hydrogen-bond acceptors (Lipinski definition) is 3. The van der Waals surface area contributed by atoms with E-state index in [4.69, 9.17) is 0 Å².